The first-order valence-corrected chi connectivity index (χ1v) is 10.1. The highest BCUT2D eigenvalue weighted by atomic mass is 16.2. The highest BCUT2D eigenvalue weighted by Gasteiger charge is 2.28. The lowest BCUT2D eigenvalue weighted by Crippen LogP contribution is -2.37. The molecular weight excluding hydrogens is 380 g/mol. The maximum absolute atomic E-state index is 12.9. The van der Waals surface area contributed by atoms with E-state index in [0.717, 1.165) is 19.5 Å². The topological polar surface area (TPSA) is 90.5 Å². The van der Waals surface area contributed by atoms with Crippen LogP contribution < -0.4 is 16.0 Å². The van der Waals surface area contributed by atoms with Crippen molar-refractivity contribution in [1.29, 1.82) is 0 Å². The van der Waals surface area contributed by atoms with Crippen LogP contribution in [0.2, 0.25) is 0 Å². The summed E-state index contributed by atoms with van der Waals surface area (Å²) in [6.45, 7) is 6.64. The summed E-state index contributed by atoms with van der Waals surface area (Å²) in [6.07, 6.45) is 0.868. The second-order valence-corrected chi connectivity index (χ2v) is 7.70. The molecule has 7 nitrogen and oxygen atoms in total. The number of nitrogens with zero attached hydrogens (tertiary/aromatic N) is 1. The quantitative estimate of drug-likeness (QED) is 0.685. The SMILES string of the molecule is CC(=O)Nc1cc(NC(C)=O)cc(C(=O)NC2CCN(C(C)c3ccccc3)C2)c1. The average molecular weight is 409 g/mol. The van der Waals surface area contributed by atoms with Gasteiger partial charge in [-0.2, -0.15) is 0 Å². The van der Waals surface area contributed by atoms with E-state index < -0.39 is 0 Å². The number of likely N-dealkylation sites (tertiary alicyclic amines) is 1. The molecule has 2 aromatic rings. The Morgan fingerprint density at radius 2 is 1.57 bits per heavy atom. The molecule has 1 heterocycles. The minimum absolute atomic E-state index is 0.0392. The van der Waals surface area contributed by atoms with Crippen LogP contribution in [-0.2, 0) is 9.59 Å². The molecule has 0 aromatic heterocycles. The van der Waals surface area contributed by atoms with Crippen molar-refractivity contribution in [3.8, 4) is 0 Å². The first kappa shape index (κ1) is 21.5. The lowest BCUT2D eigenvalue weighted by Gasteiger charge is -2.24. The van der Waals surface area contributed by atoms with E-state index in [1.54, 1.807) is 18.2 Å². The number of amides is 3. The van der Waals surface area contributed by atoms with E-state index in [1.807, 2.05) is 18.2 Å². The average Bonchev–Trinajstić information content (AvgIpc) is 3.15. The Morgan fingerprint density at radius 3 is 2.13 bits per heavy atom. The molecule has 7 heteroatoms. The van der Waals surface area contributed by atoms with Crippen LogP contribution in [0.3, 0.4) is 0 Å². The van der Waals surface area contributed by atoms with Gasteiger partial charge in [-0.25, -0.2) is 0 Å². The van der Waals surface area contributed by atoms with Gasteiger partial charge in [0, 0.05) is 56.0 Å². The van der Waals surface area contributed by atoms with Crippen LogP contribution in [0.15, 0.2) is 48.5 Å². The van der Waals surface area contributed by atoms with Gasteiger partial charge in [-0.1, -0.05) is 30.3 Å². The van der Waals surface area contributed by atoms with Crippen molar-refractivity contribution >= 4 is 29.1 Å². The second-order valence-electron chi connectivity index (χ2n) is 7.70. The van der Waals surface area contributed by atoms with Gasteiger partial charge in [0.2, 0.25) is 11.8 Å². The van der Waals surface area contributed by atoms with Gasteiger partial charge in [-0.15, -0.1) is 0 Å². The summed E-state index contributed by atoms with van der Waals surface area (Å²) >= 11 is 0. The largest absolute Gasteiger partial charge is 0.348 e. The summed E-state index contributed by atoms with van der Waals surface area (Å²) in [7, 11) is 0. The van der Waals surface area contributed by atoms with Crippen LogP contribution >= 0.6 is 0 Å². The number of rotatable bonds is 6. The third-order valence-corrected chi connectivity index (χ3v) is 5.22. The molecule has 0 saturated carbocycles. The molecule has 158 valence electrons. The van der Waals surface area contributed by atoms with Gasteiger partial charge in [0.05, 0.1) is 0 Å². The summed E-state index contributed by atoms with van der Waals surface area (Å²) in [5.74, 6) is -0.724. The fourth-order valence-electron chi connectivity index (χ4n) is 3.78. The van der Waals surface area contributed by atoms with Crippen LogP contribution in [-0.4, -0.2) is 41.8 Å². The molecule has 2 aromatic carbocycles. The van der Waals surface area contributed by atoms with Crippen LogP contribution in [0.5, 0.6) is 0 Å². The number of hydrogen-bond acceptors (Lipinski definition) is 4. The molecular formula is C23H28N4O3. The number of hydrogen-bond donors (Lipinski definition) is 3. The Labute approximate surface area is 176 Å². The van der Waals surface area contributed by atoms with Gasteiger partial charge in [0.25, 0.3) is 5.91 Å². The van der Waals surface area contributed by atoms with Crippen molar-refractivity contribution in [2.24, 2.45) is 0 Å². The van der Waals surface area contributed by atoms with Crippen molar-refractivity contribution in [2.75, 3.05) is 23.7 Å². The predicted octanol–water partition coefficient (Wildman–Crippen LogP) is 3.17. The van der Waals surface area contributed by atoms with Gasteiger partial charge in [0.15, 0.2) is 0 Å². The van der Waals surface area contributed by atoms with Gasteiger partial charge < -0.3 is 16.0 Å². The zero-order valence-electron chi connectivity index (χ0n) is 17.6. The van der Waals surface area contributed by atoms with Gasteiger partial charge in [-0.05, 0) is 37.1 Å². The molecule has 3 N–H and O–H groups in total. The number of nitrogens with one attached hydrogen (secondary N) is 3. The van der Waals surface area contributed by atoms with Gasteiger partial charge in [0.1, 0.15) is 0 Å². The molecule has 1 aliphatic heterocycles. The fourth-order valence-corrected chi connectivity index (χ4v) is 3.78. The molecule has 2 unspecified atom stereocenters. The Morgan fingerprint density at radius 1 is 0.967 bits per heavy atom. The molecule has 2 atom stereocenters. The summed E-state index contributed by atoms with van der Waals surface area (Å²) in [5.41, 5.74) is 2.57. The van der Waals surface area contributed by atoms with Crippen LogP contribution in [0, 0.1) is 0 Å². The molecule has 0 radical (unpaired) electrons. The van der Waals surface area contributed by atoms with Crippen molar-refractivity contribution in [2.45, 2.75) is 39.3 Å². The van der Waals surface area contributed by atoms with Crippen LogP contribution in [0.1, 0.15) is 49.2 Å². The third kappa shape index (κ3) is 5.67. The highest BCUT2D eigenvalue weighted by molar-refractivity contribution is 6.00. The molecule has 3 amide bonds. The number of carbonyl (C=O) groups excluding carboxylic acids is 3. The second kappa shape index (κ2) is 9.54. The predicted molar refractivity (Wildman–Crippen MR) is 117 cm³/mol. The number of benzene rings is 2. The Bertz CT molecular complexity index is 895. The Balaban J connectivity index is 1.68. The Kier molecular flexibility index (Phi) is 6.84. The monoisotopic (exact) mass is 408 g/mol. The fraction of sp³-hybridized carbons (Fsp3) is 0.348. The summed E-state index contributed by atoms with van der Waals surface area (Å²) in [6, 6.07) is 15.5. The third-order valence-electron chi connectivity index (χ3n) is 5.22. The molecule has 1 saturated heterocycles. The van der Waals surface area contributed by atoms with E-state index in [-0.39, 0.29) is 29.8 Å². The molecule has 0 spiro atoms. The lowest BCUT2D eigenvalue weighted by molar-refractivity contribution is -0.115. The lowest BCUT2D eigenvalue weighted by atomic mass is 10.1. The molecule has 0 bridgehead atoms. The maximum Gasteiger partial charge on any atom is 0.251 e. The summed E-state index contributed by atoms with van der Waals surface area (Å²) in [4.78, 5) is 38.1. The summed E-state index contributed by atoms with van der Waals surface area (Å²) < 4.78 is 0. The van der Waals surface area contributed by atoms with E-state index >= 15 is 0 Å². The zero-order valence-corrected chi connectivity index (χ0v) is 17.6. The molecule has 3 rings (SSSR count). The Hall–Kier alpha value is -3.19. The van der Waals surface area contributed by atoms with E-state index in [0.29, 0.717) is 16.9 Å². The van der Waals surface area contributed by atoms with E-state index in [4.69, 9.17) is 0 Å². The maximum atomic E-state index is 12.9. The van der Waals surface area contributed by atoms with E-state index in [1.165, 1.54) is 19.4 Å². The molecule has 1 fully saturated rings. The first-order chi connectivity index (χ1) is 14.3. The van der Waals surface area contributed by atoms with E-state index in [2.05, 4.69) is 39.9 Å². The van der Waals surface area contributed by atoms with E-state index in [9.17, 15) is 14.4 Å². The molecule has 0 aliphatic carbocycles. The smallest absolute Gasteiger partial charge is 0.251 e. The van der Waals surface area contributed by atoms with Crippen molar-refractivity contribution < 1.29 is 14.4 Å². The minimum atomic E-state index is -0.248. The van der Waals surface area contributed by atoms with Gasteiger partial charge in [-0.3, -0.25) is 19.3 Å². The van der Waals surface area contributed by atoms with Crippen molar-refractivity contribution in [1.82, 2.24) is 10.2 Å². The standard InChI is InChI=1S/C23H28N4O3/c1-15(18-7-5-4-6-8-18)27-10-9-20(14-27)26-23(30)19-11-21(24-16(2)28)13-22(12-19)25-17(3)29/h4-8,11-13,15,20H,9-10,14H2,1-3H3,(H,24,28)(H,25,29)(H,26,30). The van der Waals surface area contributed by atoms with Crippen LogP contribution in [0.4, 0.5) is 11.4 Å². The van der Waals surface area contributed by atoms with Crippen LogP contribution in [0.25, 0.3) is 0 Å². The summed E-state index contributed by atoms with van der Waals surface area (Å²) in [5, 5.41) is 8.42. The number of anilines is 2. The first-order valence-electron chi connectivity index (χ1n) is 10.1. The highest BCUT2D eigenvalue weighted by Crippen LogP contribution is 2.25. The van der Waals surface area contributed by atoms with Gasteiger partial charge >= 0.3 is 0 Å². The molecule has 30 heavy (non-hydrogen) atoms. The van der Waals surface area contributed by atoms with Crippen molar-refractivity contribution in [3.05, 3.63) is 59.7 Å². The normalized spacial score (nSPS) is 17.2. The molecule has 1 aliphatic rings. The zero-order chi connectivity index (χ0) is 21.7. The van der Waals surface area contributed by atoms with Crippen molar-refractivity contribution in [3.63, 3.8) is 0 Å². The minimum Gasteiger partial charge on any atom is -0.348 e. The number of carbonyl (C=O) groups is 3.